The van der Waals surface area contributed by atoms with Crippen molar-refractivity contribution in [3.63, 3.8) is 0 Å². The third-order valence-electron chi connectivity index (χ3n) is 15.2. The Hall–Kier alpha value is -8.02. The molecule has 3 aromatic heterocycles. The van der Waals surface area contributed by atoms with Crippen LogP contribution in [-0.4, -0.2) is 25.8 Å². The van der Waals surface area contributed by atoms with Gasteiger partial charge in [0, 0.05) is 60.5 Å². The van der Waals surface area contributed by atoms with Crippen molar-refractivity contribution >= 4 is 77.6 Å². The topological polar surface area (TPSA) is 35.6 Å². The largest absolute Gasteiger partial charge is 0.310 e. The first-order valence-electron chi connectivity index (χ1n) is 24.4. The van der Waals surface area contributed by atoms with E-state index < -0.39 is 0 Å². The molecule has 2 aliphatic heterocycles. The van der Waals surface area contributed by atoms with Crippen molar-refractivity contribution in [3.05, 3.63) is 199 Å². The minimum Gasteiger partial charge on any atom is -0.310 e. The lowest BCUT2D eigenvalue weighted by Crippen LogP contribution is -2.59. The average Bonchev–Trinajstić information content (AvgIpc) is 3.89. The zero-order chi connectivity index (χ0) is 46.5. The fourth-order valence-electron chi connectivity index (χ4n) is 11.7. The fourth-order valence-corrected chi connectivity index (χ4v) is 11.7. The molecule has 69 heavy (non-hydrogen) atoms. The monoisotopic (exact) mass is 884 g/mol. The Morgan fingerprint density at radius 2 is 0.841 bits per heavy atom. The number of para-hydroxylation sites is 1. The molecule has 9 aromatic carbocycles. The standard InChI is InChI=1S/C64H49BN4/c1-63(2,3)44-26-28-54-47(36-44)49-30-41(38-18-10-7-11-19-38)32-51-60(49)68(54)56-34-43(59-46-24-16-17-25-53(46)66-62(67-59)40-22-14-9-15-23-40)35-57-58(56)65(51)52-33-42(39-20-12-8-13-21-39)31-50-48-37-45(64(4,5)6)27-29-55(48)69(57)61(50)52/h7-37H,1-6H3. The summed E-state index contributed by atoms with van der Waals surface area (Å²) in [6.45, 7) is 13.9. The Morgan fingerprint density at radius 3 is 1.33 bits per heavy atom. The highest BCUT2D eigenvalue weighted by molar-refractivity contribution is 7.00. The fraction of sp³-hybridized carbons (Fsp3) is 0.125. The van der Waals surface area contributed by atoms with Crippen LogP contribution < -0.4 is 16.4 Å². The quantitative estimate of drug-likeness (QED) is 0.165. The second-order valence-electron chi connectivity index (χ2n) is 21.4. The van der Waals surface area contributed by atoms with E-state index >= 15 is 0 Å². The highest BCUT2D eigenvalue weighted by Crippen LogP contribution is 2.45. The van der Waals surface area contributed by atoms with Crippen molar-refractivity contribution in [2.24, 2.45) is 0 Å². The van der Waals surface area contributed by atoms with Crippen LogP contribution in [0.5, 0.6) is 0 Å². The van der Waals surface area contributed by atoms with E-state index in [2.05, 4.69) is 239 Å². The number of nitrogens with zero attached hydrogens (tertiary/aromatic N) is 4. The molecular weight excluding hydrogens is 836 g/mol. The number of hydrogen-bond acceptors (Lipinski definition) is 2. The maximum absolute atomic E-state index is 5.53. The lowest BCUT2D eigenvalue weighted by Gasteiger charge is -2.34. The molecule has 0 saturated carbocycles. The number of rotatable bonds is 4. The van der Waals surface area contributed by atoms with Gasteiger partial charge in [-0.25, -0.2) is 9.97 Å². The Morgan fingerprint density at radius 1 is 0.377 bits per heavy atom. The van der Waals surface area contributed by atoms with Gasteiger partial charge in [-0.2, -0.15) is 0 Å². The summed E-state index contributed by atoms with van der Waals surface area (Å²) < 4.78 is 5.21. The van der Waals surface area contributed by atoms with Crippen LogP contribution in [0.4, 0.5) is 0 Å². The molecule has 2 aliphatic rings. The molecule has 14 rings (SSSR count). The van der Waals surface area contributed by atoms with Crippen molar-refractivity contribution in [2.75, 3.05) is 0 Å². The molecule has 5 heterocycles. The summed E-state index contributed by atoms with van der Waals surface area (Å²) in [7, 11) is 0. The van der Waals surface area contributed by atoms with Gasteiger partial charge in [0.15, 0.2) is 5.82 Å². The second-order valence-corrected chi connectivity index (χ2v) is 21.4. The molecule has 0 saturated heterocycles. The maximum Gasteiger partial charge on any atom is 0.252 e. The number of benzene rings is 9. The van der Waals surface area contributed by atoms with E-state index in [0.29, 0.717) is 0 Å². The lowest BCUT2D eigenvalue weighted by atomic mass is 9.34. The van der Waals surface area contributed by atoms with Gasteiger partial charge in [0.05, 0.1) is 22.2 Å². The van der Waals surface area contributed by atoms with Gasteiger partial charge in [-0.15, -0.1) is 0 Å². The molecule has 5 heteroatoms. The van der Waals surface area contributed by atoms with Gasteiger partial charge >= 0.3 is 0 Å². The Labute approximate surface area is 402 Å². The predicted octanol–water partition coefficient (Wildman–Crippen LogP) is 14.2. The van der Waals surface area contributed by atoms with E-state index in [-0.39, 0.29) is 17.5 Å². The van der Waals surface area contributed by atoms with Gasteiger partial charge in [-0.05, 0) is 115 Å². The molecule has 12 aromatic rings. The lowest BCUT2D eigenvalue weighted by molar-refractivity contribution is 0.591. The Balaban J connectivity index is 1.19. The van der Waals surface area contributed by atoms with E-state index in [1.165, 1.54) is 105 Å². The van der Waals surface area contributed by atoms with E-state index in [0.717, 1.165) is 33.5 Å². The van der Waals surface area contributed by atoms with Gasteiger partial charge < -0.3 is 9.13 Å². The molecule has 0 aliphatic carbocycles. The van der Waals surface area contributed by atoms with E-state index in [1.807, 2.05) is 0 Å². The van der Waals surface area contributed by atoms with Crippen molar-refractivity contribution in [2.45, 2.75) is 52.4 Å². The van der Waals surface area contributed by atoms with Crippen LogP contribution in [0.2, 0.25) is 0 Å². The van der Waals surface area contributed by atoms with Crippen LogP contribution >= 0.6 is 0 Å². The molecule has 4 nitrogen and oxygen atoms in total. The maximum atomic E-state index is 5.53. The number of aromatic nitrogens is 4. The third kappa shape index (κ3) is 5.89. The van der Waals surface area contributed by atoms with Crippen molar-refractivity contribution in [1.82, 2.24) is 19.1 Å². The van der Waals surface area contributed by atoms with Crippen molar-refractivity contribution < 1.29 is 0 Å². The molecule has 0 bridgehead atoms. The van der Waals surface area contributed by atoms with E-state index in [4.69, 9.17) is 9.97 Å². The number of hydrogen-bond donors (Lipinski definition) is 0. The second kappa shape index (κ2) is 14.3. The first-order chi connectivity index (χ1) is 33.5. The Kier molecular flexibility index (Phi) is 8.28. The molecule has 0 spiro atoms. The minimum absolute atomic E-state index is 0.0299. The summed E-state index contributed by atoms with van der Waals surface area (Å²) >= 11 is 0. The summed E-state index contributed by atoms with van der Waals surface area (Å²) in [6.07, 6.45) is 0. The first-order valence-corrected chi connectivity index (χ1v) is 24.4. The van der Waals surface area contributed by atoms with Crippen molar-refractivity contribution in [3.8, 4) is 56.3 Å². The molecule has 0 radical (unpaired) electrons. The highest BCUT2D eigenvalue weighted by Gasteiger charge is 2.42. The van der Waals surface area contributed by atoms with Crippen LogP contribution in [0.15, 0.2) is 188 Å². The van der Waals surface area contributed by atoms with Gasteiger partial charge in [0.1, 0.15) is 0 Å². The molecule has 0 atom stereocenters. The van der Waals surface area contributed by atoms with Crippen LogP contribution in [0.3, 0.4) is 0 Å². The van der Waals surface area contributed by atoms with E-state index in [9.17, 15) is 0 Å². The molecule has 0 amide bonds. The van der Waals surface area contributed by atoms with Gasteiger partial charge in [-0.3, -0.25) is 0 Å². The van der Waals surface area contributed by atoms with E-state index in [1.54, 1.807) is 0 Å². The SMILES string of the molecule is CC(C)(C)c1ccc2c(c1)c1cc(-c3ccccc3)cc3c1n2-c1cc(-c2nc(-c4ccccc4)nc4ccccc24)cc2c1B3c1cc(-c3ccccc3)cc3c4cc(C(C)(C)C)ccc4n-2c13. The van der Waals surface area contributed by atoms with Gasteiger partial charge in [0.25, 0.3) is 6.71 Å². The molecule has 328 valence electrons. The average molecular weight is 885 g/mol. The highest BCUT2D eigenvalue weighted by atomic mass is 15.0. The smallest absolute Gasteiger partial charge is 0.252 e. The summed E-state index contributed by atoms with van der Waals surface area (Å²) in [5.74, 6) is 0.721. The predicted molar refractivity (Wildman–Crippen MR) is 292 cm³/mol. The summed E-state index contributed by atoms with van der Waals surface area (Å²) in [4.78, 5) is 10.7. The molecular formula is C64H49BN4. The zero-order valence-electron chi connectivity index (χ0n) is 39.8. The van der Waals surface area contributed by atoms with Crippen LogP contribution in [0.1, 0.15) is 52.7 Å². The summed E-state index contributed by atoms with van der Waals surface area (Å²) in [5.41, 5.74) is 22.7. The van der Waals surface area contributed by atoms with Crippen LogP contribution in [0.25, 0.3) is 111 Å². The minimum atomic E-state index is -0.0683. The summed E-state index contributed by atoms with van der Waals surface area (Å²) in [6, 6.07) is 70.1. The number of fused-ring (bicyclic) bond motifs is 11. The third-order valence-corrected chi connectivity index (χ3v) is 15.2. The zero-order valence-corrected chi connectivity index (χ0v) is 39.8. The summed E-state index contributed by atoms with van der Waals surface area (Å²) in [5, 5.41) is 6.13. The molecule has 0 N–H and O–H groups in total. The van der Waals surface area contributed by atoms with Gasteiger partial charge in [-0.1, -0.05) is 175 Å². The van der Waals surface area contributed by atoms with Gasteiger partial charge in [0.2, 0.25) is 0 Å². The van der Waals surface area contributed by atoms with Crippen LogP contribution in [0, 0.1) is 0 Å². The molecule has 0 unspecified atom stereocenters. The van der Waals surface area contributed by atoms with Crippen LogP contribution in [-0.2, 0) is 10.8 Å². The van der Waals surface area contributed by atoms with Crippen molar-refractivity contribution in [1.29, 1.82) is 0 Å². The molecule has 0 fully saturated rings. The Bertz CT molecular complexity index is 3930. The first kappa shape index (κ1) is 40.1. The normalized spacial score (nSPS) is 13.0.